The molecule has 2 heterocycles. The minimum atomic E-state index is -1.03. The van der Waals surface area contributed by atoms with E-state index in [0.717, 1.165) is 23.2 Å². The topological polar surface area (TPSA) is 110 Å². The molecule has 4 N–H and O–H groups in total. The van der Waals surface area contributed by atoms with Gasteiger partial charge in [-0.05, 0) is 62.6 Å². The van der Waals surface area contributed by atoms with Gasteiger partial charge in [0.2, 0.25) is 0 Å². The minimum Gasteiger partial charge on any atom is -0.492 e. The molecule has 2 aromatic heterocycles. The number of aromatic nitrogens is 2. The van der Waals surface area contributed by atoms with Gasteiger partial charge in [-0.3, -0.25) is 4.79 Å². The van der Waals surface area contributed by atoms with Crippen LogP contribution in [0.5, 0.6) is 5.75 Å². The first-order valence-electron chi connectivity index (χ1n) is 9.47. The van der Waals surface area contributed by atoms with E-state index in [2.05, 4.69) is 15.3 Å². The van der Waals surface area contributed by atoms with E-state index in [-0.39, 0.29) is 24.0 Å². The fraction of sp³-hybridized carbons (Fsp3) is 0.182. The number of likely N-dealkylation sites (N-methyl/N-ethyl adjacent to an activating group) is 1. The molecule has 0 saturated carbocycles. The first-order chi connectivity index (χ1) is 14.4. The highest BCUT2D eigenvalue weighted by molar-refractivity contribution is 6.07. The summed E-state index contributed by atoms with van der Waals surface area (Å²) in [6.45, 7) is 1.40. The third-order valence-electron chi connectivity index (χ3n) is 4.75. The van der Waals surface area contributed by atoms with Crippen molar-refractivity contribution in [2.45, 2.75) is 0 Å². The Morgan fingerprint density at radius 1 is 0.968 bits per heavy atom. The van der Waals surface area contributed by atoms with E-state index in [1.54, 1.807) is 24.3 Å². The molecule has 0 bridgehead atoms. The lowest BCUT2D eigenvalue weighted by Crippen LogP contribution is -2.19. The van der Waals surface area contributed by atoms with Crippen molar-refractivity contribution in [3.63, 3.8) is 0 Å². The summed E-state index contributed by atoms with van der Waals surface area (Å²) >= 11 is 0. The second-order valence-corrected chi connectivity index (χ2v) is 7.33. The normalized spacial score (nSPS) is 10.9. The molecule has 0 saturated heterocycles. The van der Waals surface area contributed by atoms with Crippen molar-refractivity contribution in [2.24, 2.45) is 0 Å². The molecular weight excluding hydrogens is 420 g/mol. The molecule has 4 rings (SSSR count). The third kappa shape index (κ3) is 4.99. The Balaban J connectivity index is 0.00000272. The lowest BCUT2D eigenvalue weighted by Gasteiger charge is -2.10. The lowest BCUT2D eigenvalue weighted by atomic mass is 10.2. The number of anilines is 1. The summed E-state index contributed by atoms with van der Waals surface area (Å²) in [7, 11) is 3.98. The number of nitrogens with one attached hydrogen (secondary N) is 3. The number of amides is 1. The quantitative estimate of drug-likeness (QED) is 0.346. The monoisotopic (exact) mass is 442 g/mol. The zero-order valence-corrected chi connectivity index (χ0v) is 17.9. The number of carboxylic acids is 1. The Morgan fingerprint density at radius 3 is 2.32 bits per heavy atom. The average molecular weight is 443 g/mol. The molecule has 2 aromatic carbocycles. The summed E-state index contributed by atoms with van der Waals surface area (Å²) in [5.41, 5.74) is 2.64. The van der Waals surface area contributed by atoms with Gasteiger partial charge < -0.3 is 30.0 Å². The number of benzene rings is 2. The smallest absolute Gasteiger partial charge is 0.352 e. The maximum absolute atomic E-state index is 12.7. The molecule has 0 spiro atoms. The summed E-state index contributed by atoms with van der Waals surface area (Å²) < 4.78 is 5.75. The van der Waals surface area contributed by atoms with Crippen LogP contribution in [-0.2, 0) is 0 Å². The Morgan fingerprint density at radius 2 is 1.61 bits per heavy atom. The van der Waals surface area contributed by atoms with Crippen molar-refractivity contribution in [1.82, 2.24) is 14.9 Å². The molecule has 162 valence electrons. The molecule has 0 fully saturated rings. The zero-order valence-electron chi connectivity index (χ0n) is 17.1. The number of aromatic amines is 2. The van der Waals surface area contributed by atoms with Crippen LogP contribution in [-0.4, -0.2) is 59.1 Å². The van der Waals surface area contributed by atoms with E-state index in [0.29, 0.717) is 28.9 Å². The van der Waals surface area contributed by atoms with Gasteiger partial charge in [0.1, 0.15) is 23.7 Å². The Hall–Kier alpha value is -3.49. The van der Waals surface area contributed by atoms with Crippen LogP contribution < -0.4 is 10.1 Å². The number of carbonyl (C=O) groups excluding carboxylic acids is 1. The molecule has 0 aliphatic heterocycles. The van der Waals surface area contributed by atoms with Crippen LogP contribution >= 0.6 is 12.4 Å². The van der Waals surface area contributed by atoms with Gasteiger partial charge >= 0.3 is 5.97 Å². The lowest BCUT2D eigenvalue weighted by molar-refractivity contribution is 0.0691. The van der Waals surface area contributed by atoms with Crippen LogP contribution in [0.15, 0.2) is 48.5 Å². The minimum absolute atomic E-state index is 0. The number of rotatable bonds is 7. The van der Waals surface area contributed by atoms with Gasteiger partial charge in [-0.1, -0.05) is 0 Å². The molecule has 1 amide bonds. The molecular formula is C22H23ClN4O4. The van der Waals surface area contributed by atoms with Crippen molar-refractivity contribution in [3.05, 3.63) is 59.9 Å². The van der Waals surface area contributed by atoms with E-state index >= 15 is 0 Å². The third-order valence-corrected chi connectivity index (χ3v) is 4.75. The van der Waals surface area contributed by atoms with Crippen molar-refractivity contribution in [2.75, 3.05) is 32.6 Å². The molecule has 8 nitrogen and oxygen atoms in total. The number of nitrogens with zero attached hydrogens (tertiary/aromatic N) is 1. The van der Waals surface area contributed by atoms with Gasteiger partial charge in [0.15, 0.2) is 0 Å². The van der Waals surface area contributed by atoms with Crippen LogP contribution in [0, 0.1) is 0 Å². The summed E-state index contributed by atoms with van der Waals surface area (Å²) in [5, 5.41) is 13.5. The van der Waals surface area contributed by atoms with Gasteiger partial charge in [-0.2, -0.15) is 0 Å². The van der Waals surface area contributed by atoms with Crippen LogP contribution in [0.25, 0.3) is 21.8 Å². The molecule has 9 heteroatoms. The predicted octanol–water partition coefficient (Wildman–Crippen LogP) is 3.96. The number of fused-ring (bicyclic) bond motifs is 2. The SMILES string of the molecule is CN(C)CCOc1ccc2[nH]c(C(=O)Nc3ccc4[nH]c(C(=O)O)cc4c3)cc2c1.Cl. The number of halogens is 1. The highest BCUT2D eigenvalue weighted by Gasteiger charge is 2.12. The maximum Gasteiger partial charge on any atom is 0.352 e. The summed E-state index contributed by atoms with van der Waals surface area (Å²) in [6, 6.07) is 14.2. The van der Waals surface area contributed by atoms with E-state index in [1.165, 1.54) is 6.07 Å². The molecule has 0 aliphatic carbocycles. The van der Waals surface area contributed by atoms with E-state index in [4.69, 9.17) is 9.84 Å². The number of hydrogen-bond acceptors (Lipinski definition) is 4. The van der Waals surface area contributed by atoms with Crippen LogP contribution in [0.3, 0.4) is 0 Å². The molecule has 0 unspecified atom stereocenters. The average Bonchev–Trinajstić information content (AvgIpc) is 3.31. The summed E-state index contributed by atoms with van der Waals surface area (Å²) in [4.78, 5) is 31.8. The predicted molar refractivity (Wildman–Crippen MR) is 123 cm³/mol. The standard InChI is InChI=1S/C22H22N4O4.ClH/c1-26(2)7-8-30-16-4-6-18-14(10-16)11-19(24-18)21(27)23-15-3-5-17-13(9-15)12-20(25-17)22(28)29;/h3-6,9-12,24-25H,7-8H2,1-2H3,(H,23,27)(H,28,29);1H. The van der Waals surface area contributed by atoms with Gasteiger partial charge in [0.25, 0.3) is 5.91 Å². The second-order valence-electron chi connectivity index (χ2n) is 7.33. The van der Waals surface area contributed by atoms with Crippen LogP contribution in [0.2, 0.25) is 0 Å². The fourth-order valence-electron chi connectivity index (χ4n) is 3.19. The maximum atomic E-state index is 12.7. The Bertz CT molecular complexity index is 1250. The Labute approximate surface area is 184 Å². The highest BCUT2D eigenvalue weighted by Crippen LogP contribution is 2.24. The van der Waals surface area contributed by atoms with Gasteiger partial charge in [0, 0.05) is 34.0 Å². The van der Waals surface area contributed by atoms with E-state index in [9.17, 15) is 9.59 Å². The van der Waals surface area contributed by atoms with Crippen molar-refractivity contribution < 1.29 is 19.4 Å². The largest absolute Gasteiger partial charge is 0.492 e. The van der Waals surface area contributed by atoms with Crippen molar-refractivity contribution >= 4 is 51.8 Å². The first-order valence-corrected chi connectivity index (χ1v) is 9.47. The van der Waals surface area contributed by atoms with E-state index < -0.39 is 5.97 Å². The van der Waals surface area contributed by atoms with Crippen molar-refractivity contribution in [3.8, 4) is 5.75 Å². The highest BCUT2D eigenvalue weighted by atomic mass is 35.5. The van der Waals surface area contributed by atoms with Gasteiger partial charge in [-0.25, -0.2) is 4.79 Å². The Kier molecular flexibility index (Phi) is 6.53. The molecule has 0 aliphatic rings. The number of carboxylic acid groups (broad SMARTS) is 1. The number of carbonyl (C=O) groups is 2. The van der Waals surface area contributed by atoms with Crippen LogP contribution in [0.4, 0.5) is 5.69 Å². The fourth-order valence-corrected chi connectivity index (χ4v) is 3.19. The molecule has 0 atom stereocenters. The van der Waals surface area contributed by atoms with Gasteiger partial charge in [0.05, 0.1) is 0 Å². The number of ether oxygens (including phenoxy) is 1. The first kappa shape index (κ1) is 22.2. The van der Waals surface area contributed by atoms with Gasteiger partial charge in [-0.15, -0.1) is 12.4 Å². The molecule has 31 heavy (non-hydrogen) atoms. The second kappa shape index (κ2) is 9.11. The van der Waals surface area contributed by atoms with Crippen LogP contribution in [0.1, 0.15) is 21.0 Å². The number of aromatic carboxylic acids is 1. The molecule has 0 radical (unpaired) electrons. The van der Waals surface area contributed by atoms with Crippen molar-refractivity contribution in [1.29, 1.82) is 0 Å². The number of hydrogen-bond donors (Lipinski definition) is 4. The molecule has 4 aromatic rings. The zero-order chi connectivity index (χ0) is 21.3. The van der Waals surface area contributed by atoms with E-state index in [1.807, 2.05) is 37.2 Å². The summed E-state index contributed by atoms with van der Waals surface area (Å²) in [6.07, 6.45) is 0. The summed E-state index contributed by atoms with van der Waals surface area (Å²) in [5.74, 6) is -0.558. The number of H-pyrrole nitrogens is 2.